The summed E-state index contributed by atoms with van der Waals surface area (Å²) < 4.78 is 0. The highest BCUT2D eigenvalue weighted by molar-refractivity contribution is 5.97. The van der Waals surface area contributed by atoms with E-state index in [0.717, 1.165) is 19.4 Å². The van der Waals surface area contributed by atoms with Crippen LogP contribution >= 0.6 is 0 Å². The Morgan fingerprint density at radius 1 is 1.22 bits per heavy atom. The SMILES string of the molecule is CC(C)Cc1ccc(C(=O)CCC(=O)NCC2CCCN2)cc1. The summed E-state index contributed by atoms with van der Waals surface area (Å²) in [5.41, 5.74) is 1.95. The topological polar surface area (TPSA) is 58.2 Å². The second-order valence-electron chi connectivity index (χ2n) is 6.82. The van der Waals surface area contributed by atoms with Crippen molar-refractivity contribution in [2.45, 2.75) is 52.0 Å². The first kappa shape index (κ1) is 17.7. The Morgan fingerprint density at radius 3 is 2.57 bits per heavy atom. The van der Waals surface area contributed by atoms with Gasteiger partial charge < -0.3 is 10.6 Å². The predicted molar refractivity (Wildman–Crippen MR) is 92.6 cm³/mol. The van der Waals surface area contributed by atoms with E-state index in [0.29, 0.717) is 24.1 Å². The summed E-state index contributed by atoms with van der Waals surface area (Å²) >= 11 is 0. The Kier molecular flexibility index (Phi) is 6.78. The normalized spacial score (nSPS) is 17.4. The number of ketones is 1. The lowest BCUT2D eigenvalue weighted by atomic mass is 9.99. The van der Waals surface area contributed by atoms with Gasteiger partial charge in [0.15, 0.2) is 5.78 Å². The molecular weight excluding hydrogens is 288 g/mol. The van der Waals surface area contributed by atoms with Crippen LogP contribution in [0, 0.1) is 5.92 Å². The molecule has 1 heterocycles. The van der Waals surface area contributed by atoms with Crippen molar-refractivity contribution in [3.05, 3.63) is 35.4 Å². The zero-order valence-corrected chi connectivity index (χ0v) is 14.2. The van der Waals surface area contributed by atoms with Crippen molar-refractivity contribution in [2.75, 3.05) is 13.1 Å². The number of hydrogen-bond acceptors (Lipinski definition) is 3. The van der Waals surface area contributed by atoms with E-state index >= 15 is 0 Å². The molecule has 1 fully saturated rings. The smallest absolute Gasteiger partial charge is 0.220 e. The van der Waals surface area contributed by atoms with Gasteiger partial charge >= 0.3 is 0 Å². The van der Waals surface area contributed by atoms with Crippen LogP contribution in [0.25, 0.3) is 0 Å². The molecule has 0 saturated carbocycles. The Bertz CT molecular complexity index is 517. The molecule has 0 aromatic heterocycles. The van der Waals surface area contributed by atoms with E-state index in [1.165, 1.54) is 12.0 Å². The molecule has 1 unspecified atom stereocenters. The fourth-order valence-electron chi connectivity index (χ4n) is 2.93. The van der Waals surface area contributed by atoms with E-state index in [2.05, 4.69) is 24.5 Å². The number of carbonyl (C=O) groups excluding carboxylic acids is 2. The summed E-state index contributed by atoms with van der Waals surface area (Å²) in [7, 11) is 0. The van der Waals surface area contributed by atoms with Gasteiger partial charge in [0.2, 0.25) is 5.91 Å². The van der Waals surface area contributed by atoms with Crippen molar-refractivity contribution in [3.63, 3.8) is 0 Å². The van der Waals surface area contributed by atoms with Gasteiger partial charge in [-0.1, -0.05) is 38.1 Å². The molecule has 2 N–H and O–H groups in total. The predicted octanol–water partition coefficient (Wildman–Crippen LogP) is 2.72. The van der Waals surface area contributed by atoms with E-state index in [4.69, 9.17) is 0 Å². The van der Waals surface area contributed by atoms with Gasteiger partial charge in [-0.2, -0.15) is 0 Å². The lowest BCUT2D eigenvalue weighted by Gasteiger charge is -2.11. The molecule has 4 nitrogen and oxygen atoms in total. The summed E-state index contributed by atoms with van der Waals surface area (Å²) in [5.74, 6) is 0.605. The van der Waals surface area contributed by atoms with Gasteiger partial charge in [-0.15, -0.1) is 0 Å². The first-order valence-electron chi connectivity index (χ1n) is 8.67. The molecule has 0 radical (unpaired) electrons. The van der Waals surface area contributed by atoms with Crippen molar-refractivity contribution in [1.82, 2.24) is 10.6 Å². The molecule has 2 rings (SSSR count). The third-order valence-electron chi connectivity index (χ3n) is 4.21. The molecular formula is C19H28N2O2. The number of carbonyl (C=O) groups is 2. The first-order chi connectivity index (χ1) is 11.0. The largest absolute Gasteiger partial charge is 0.355 e. The van der Waals surface area contributed by atoms with Gasteiger partial charge in [0.1, 0.15) is 0 Å². The van der Waals surface area contributed by atoms with Crippen LogP contribution in [0.15, 0.2) is 24.3 Å². The number of rotatable bonds is 8. The number of hydrogen-bond donors (Lipinski definition) is 2. The fourth-order valence-corrected chi connectivity index (χ4v) is 2.93. The minimum absolute atomic E-state index is 0.0373. The molecule has 4 heteroatoms. The van der Waals surface area contributed by atoms with E-state index < -0.39 is 0 Å². The highest BCUT2D eigenvalue weighted by Crippen LogP contribution is 2.12. The Labute approximate surface area is 139 Å². The van der Waals surface area contributed by atoms with Crippen LogP contribution in [-0.4, -0.2) is 30.8 Å². The number of benzene rings is 1. The summed E-state index contributed by atoms with van der Waals surface area (Å²) in [6.45, 7) is 6.06. The molecule has 1 aliphatic rings. The van der Waals surface area contributed by atoms with E-state index in [1.54, 1.807) is 0 Å². The van der Waals surface area contributed by atoms with Gasteiger partial charge in [-0.05, 0) is 37.3 Å². The first-order valence-corrected chi connectivity index (χ1v) is 8.67. The van der Waals surface area contributed by atoms with Crippen LogP contribution in [0.5, 0.6) is 0 Å². The van der Waals surface area contributed by atoms with Gasteiger partial charge in [0.25, 0.3) is 0 Å². The number of nitrogens with one attached hydrogen (secondary N) is 2. The average Bonchev–Trinajstić information content (AvgIpc) is 3.04. The standard InChI is InChI=1S/C19H28N2O2/c1-14(2)12-15-5-7-16(8-6-15)18(22)9-10-19(23)21-13-17-4-3-11-20-17/h5-8,14,17,20H,3-4,9-13H2,1-2H3,(H,21,23). The van der Waals surface area contributed by atoms with Crippen molar-refractivity contribution in [3.8, 4) is 0 Å². The number of amides is 1. The molecule has 0 spiro atoms. The summed E-state index contributed by atoms with van der Waals surface area (Å²) in [4.78, 5) is 24.0. The molecule has 1 aromatic rings. The summed E-state index contributed by atoms with van der Waals surface area (Å²) in [6, 6.07) is 8.17. The second kappa shape index (κ2) is 8.82. The zero-order chi connectivity index (χ0) is 16.7. The van der Waals surface area contributed by atoms with Crippen molar-refractivity contribution >= 4 is 11.7 Å². The maximum absolute atomic E-state index is 12.2. The Morgan fingerprint density at radius 2 is 1.96 bits per heavy atom. The van der Waals surface area contributed by atoms with Crippen LogP contribution in [0.3, 0.4) is 0 Å². The monoisotopic (exact) mass is 316 g/mol. The quantitative estimate of drug-likeness (QED) is 0.725. The van der Waals surface area contributed by atoms with Crippen LogP contribution in [0.1, 0.15) is 55.5 Å². The molecule has 1 aromatic carbocycles. The molecule has 0 aliphatic carbocycles. The maximum Gasteiger partial charge on any atom is 0.220 e. The van der Waals surface area contributed by atoms with E-state index in [-0.39, 0.29) is 24.5 Å². The summed E-state index contributed by atoms with van der Waals surface area (Å²) in [6.07, 6.45) is 3.84. The van der Waals surface area contributed by atoms with E-state index in [1.807, 2.05) is 24.3 Å². The molecule has 23 heavy (non-hydrogen) atoms. The summed E-state index contributed by atoms with van der Waals surface area (Å²) in [5, 5.41) is 6.25. The minimum atomic E-state index is -0.0384. The molecule has 0 bridgehead atoms. The lowest BCUT2D eigenvalue weighted by molar-refractivity contribution is -0.121. The lowest BCUT2D eigenvalue weighted by Crippen LogP contribution is -2.37. The Hall–Kier alpha value is -1.68. The molecule has 126 valence electrons. The van der Waals surface area contributed by atoms with Gasteiger partial charge in [-0.3, -0.25) is 9.59 Å². The number of Topliss-reactive ketones (excluding diaryl/α,β-unsaturated/α-hetero) is 1. The zero-order valence-electron chi connectivity index (χ0n) is 14.2. The minimum Gasteiger partial charge on any atom is -0.355 e. The third kappa shape index (κ3) is 6.14. The molecule has 1 atom stereocenters. The fraction of sp³-hybridized carbons (Fsp3) is 0.579. The van der Waals surface area contributed by atoms with Crippen LogP contribution in [0.4, 0.5) is 0 Å². The van der Waals surface area contributed by atoms with Crippen LogP contribution < -0.4 is 10.6 Å². The highest BCUT2D eigenvalue weighted by atomic mass is 16.2. The van der Waals surface area contributed by atoms with Crippen molar-refractivity contribution < 1.29 is 9.59 Å². The van der Waals surface area contributed by atoms with Gasteiger partial charge in [0, 0.05) is 31.0 Å². The Balaban J connectivity index is 1.71. The molecule has 1 aliphatic heterocycles. The van der Waals surface area contributed by atoms with Crippen molar-refractivity contribution in [1.29, 1.82) is 0 Å². The average molecular weight is 316 g/mol. The van der Waals surface area contributed by atoms with Crippen LogP contribution in [-0.2, 0) is 11.2 Å². The molecule has 1 saturated heterocycles. The van der Waals surface area contributed by atoms with Gasteiger partial charge in [-0.25, -0.2) is 0 Å². The van der Waals surface area contributed by atoms with Crippen molar-refractivity contribution in [2.24, 2.45) is 5.92 Å². The van der Waals surface area contributed by atoms with Gasteiger partial charge in [0.05, 0.1) is 0 Å². The van der Waals surface area contributed by atoms with E-state index in [9.17, 15) is 9.59 Å². The molecule has 1 amide bonds. The van der Waals surface area contributed by atoms with Crippen LogP contribution in [0.2, 0.25) is 0 Å². The highest BCUT2D eigenvalue weighted by Gasteiger charge is 2.15. The second-order valence-corrected chi connectivity index (χ2v) is 6.82. The maximum atomic E-state index is 12.2. The third-order valence-corrected chi connectivity index (χ3v) is 4.21.